The monoisotopic (exact) mass is 317 g/mol. The molecule has 1 aromatic rings. The number of piperazine rings is 1. The van der Waals surface area contributed by atoms with Gasteiger partial charge in [0.1, 0.15) is 5.82 Å². The fraction of sp³-hybridized carbons (Fsp3) is 0.688. The molecule has 1 aliphatic carbocycles. The Labute approximate surface area is 136 Å². The van der Waals surface area contributed by atoms with Crippen molar-refractivity contribution in [2.45, 2.75) is 19.3 Å². The molecular weight excluding hydrogens is 294 g/mol. The first-order valence-electron chi connectivity index (χ1n) is 8.52. The van der Waals surface area contributed by atoms with Crippen molar-refractivity contribution in [3.63, 3.8) is 0 Å². The standard InChI is InChI=1S/C16H23N5O2/c22-12-19-4-6-21(7-5-19)16-17-14-3-1-2-13(14)15(18-16)20-8-10-23-11-9-20/h12H,1-11H2. The van der Waals surface area contributed by atoms with E-state index in [1.165, 1.54) is 17.7 Å². The van der Waals surface area contributed by atoms with Gasteiger partial charge in [-0.2, -0.15) is 4.98 Å². The van der Waals surface area contributed by atoms with Crippen LogP contribution in [0.4, 0.5) is 11.8 Å². The number of aromatic nitrogens is 2. The molecule has 2 saturated heterocycles. The molecule has 0 bridgehead atoms. The predicted octanol–water partition coefficient (Wildman–Crippen LogP) is 0.0803. The Morgan fingerprint density at radius 1 is 0.913 bits per heavy atom. The third kappa shape index (κ3) is 2.85. The Bertz CT molecular complexity index is 580. The molecule has 0 aromatic carbocycles. The summed E-state index contributed by atoms with van der Waals surface area (Å²) in [6.07, 6.45) is 4.24. The molecule has 23 heavy (non-hydrogen) atoms. The van der Waals surface area contributed by atoms with Gasteiger partial charge in [0, 0.05) is 44.8 Å². The van der Waals surface area contributed by atoms with E-state index in [9.17, 15) is 4.79 Å². The molecule has 7 heteroatoms. The number of morpholine rings is 1. The minimum Gasteiger partial charge on any atom is -0.378 e. The fourth-order valence-corrected chi connectivity index (χ4v) is 3.61. The maximum absolute atomic E-state index is 10.9. The lowest BCUT2D eigenvalue weighted by molar-refractivity contribution is -0.118. The van der Waals surface area contributed by atoms with Crippen LogP contribution in [0.2, 0.25) is 0 Å². The van der Waals surface area contributed by atoms with Crippen molar-refractivity contribution in [3.05, 3.63) is 11.3 Å². The zero-order valence-electron chi connectivity index (χ0n) is 13.4. The summed E-state index contributed by atoms with van der Waals surface area (Å²) >= 11 is 0. The summed E-state index contributed by atoms with van der Waals surface area (Å²) in [6, 6.07) is 0. The van der Waals surface area contributed by atoms with E-state index >= 15 is 0 Å². The average Bonchev–Trinajstić information content (AvgIpc) is 3.10. The van der Waals surface area contributed by atoms with Crippen LogP contribution in [0.25, 0.3) is 0 Å². The molecule has 0 radical (unpaired) electrons. The Hall–Kier alpha value is -1.89. The van der Waals surface area contributed by atoms with E-state index in [-0.39, 0.29) is 0 Å². The molecule has 0 saturated carbocycles. The normalized spacial score (nSPS) is 21.5. The highest BCUT2D eigenvalue weighted by molar-refractivity contribution is 5.56. The zero-order chi connectivity index (χ0) is 15.6. The molecule has 3 heterocycles. The Balaban J connectivity index is 1.62. The second-order valence-corrected chi connectivity index (χ2v) is 6.35. The van der Waals surface area contributed by atoms with Crippen molar-refractivity contribution in [2.24, 2.45) is 0 Å². The lowest BCUT2D eigenvalue weighted by Gasteiger charge is -2.34. The van der Waals surface area contributed by atoms with Gasteiger partial charge in [-0.1, -0.05) is 0 Å². The highest BCUT2D eigenvalue weighted by atomic mass is 16.5. The third-order valence-corrected chi connectivity index (χ3v) is 4.96. The number of amides is 1. The Morgan fingerprint density at radius 3 is 2.43 bits per heavy atom. The van der Waals surface area contributed by atoms with Gasteiger partial charge in [-0.3, -0.25) is 4.79 Å². The van der Waals surface area contributed by atoms with Crippen molar-refractivity contribution in [1.29, 1.82) is 0 Å². The van der Waals surface area contributed by atoms with Crippen LogP contribution >= 0.6 is 0 Å². The molecule has 3 aliphatic rings. The van der Waals surface area contributed by atoms with Crippen LogP contribution in [-0.4, -0.2) is 73.8 Å². The first kappa shape index (κ1) is 14.7. The van der Waals surface area contributed by atoms with Crippen LogP contribution in [0.1, 0.15) is 17.7 Å². The molecule has 7 nitrogen and oxygen atoms in total. The second kappa shape index (κ2) is 6.31. The summed E-state index contributed by atoms with van der Waals surface area (Å²) in [5.74, 6) is 1.95. The van der Waals surface area contributed by atoms with E-state index in [1.807, 2.05) is 4.90 Å². The molecule has 0 spiro atoms. The van der Waals surface area contributed by atoms with Gasteiger partial charge < -0.3 is 19.4 Å². The Kier molecular flexibility index (Phi) is 4.03. The SMILES string of the molecule is O=CN1CCN(c2nc3c(c(N4CCOCC4)n2)CCC3)CC1. The number of carbonyl (C=O) groups is 1. The average molecular weight is 317 g/mol. The van der Waals surface area contributed by atoms with E-state index in [0.29, 0.717) is 0 Å². The first-order valence-corrected chi connectivity index (χ1v) is 8.52. The number of carbonyl (C=O) groups excluding carboxylic acids is 1. The maximum Gasteiger partial charge on any atom is 0.227 e. The van der Waals surface area contributed by atoms with Gasteiger partial charge in [0.15, 0.2) is 0 Å². The summed E-state index contributed by atoms with van der Waals surface area (Å²) in [5.41, 5.74) is 2.55. The highest BCUT2D eigenvalue weighted by Crippen LogP contribution is 2.31. The largest absolute Gasteiger partial charge is 0.378 e. The first-order chi connectivity index (χ1) is 11.3. The quantitative estimate of drug-likeness (QED) is 0.736. The topological polar surface area (TPSA) is 61.8 Å². The number of rotatable bonds is 3. The zero-order valence-corrected chi connectivity index (χ0v) is 13.4. The molecule has 2 aliphatic heterocycles. The van der Waals surface area contributed by atoms with Gasteiger partial charge in [-0.05, 0) is 19.3 Å². The van der Waals surface area contributed by atoms with Crippen molar-refractivity contribution >= 4 is 18.2 Å². The smallest absolute Gasteiger partial charge is 0.227 e. The fourth-order valence-electron chi connectivity index (χ4n) is 3.61. The van der Waals surface area contributed by atoms with Gasteiger partial charge in [-0.15, -0.1) is 0 Å². The van der Waals surface area contributed by atoms with Crippen LogP contribution < -0.4 is 9.80 Å². The summed E-state index contributed by atoms with van der Waals surface area (Å²) in [6.45, 7) is 6.45. The molecule has 2 fully saturated rings. The van der Waals surface area contributed by atoms with E-state index < -0.39 is 0 Å². The number of hydrogen-bond donors (Lipinski definition) is 0. The lowest BCUT2D eigenvalue weighted by atomic mass is 10.2. The number of fused-ring (bicyclic) bond motifs is 1. The third-order valence-electron chi connectivity index (χ3n) is 4.96. The Morgan fingerprint density at radius 2 is 1.70 bits per heavy atom. The number of anilines is 2. The van der Waals surface area contributed by atoms with E-state index in [1.54, 1.807) is 0 Å². The summed E-state index contributed by atoms with van der Waals surface area (Å²) in [7, 11) is 0. The number of aryl methyl sites for hydroxylation is 1. The molecule has 4 rings (SSSR count). The summed E-state index contributed by atoms with van der Waals surface area (Å²) in [4.78, 5) is 27.0. The number of hydrogen-bond acceptors (Lipinski definition) is 6. The van der Waals surface area contributed by atoms with Crippen molar-refractivity contribution < 1.29 is 9.53 Å². The van der Waals surface area contributed by atoms with Gasteiger partial charge in [0.05, 0.1) is 18.9 Å². The minimum atomic E-state index is 0.747. The van der Waals surface area contributed by atoms with E-state index in [0.717, 1.165) is 83.5 Å². The van der Waals surface area contributed by atoms with Gasteiger partial charge >= 0.3 is 0 Å². The van der Waals surface area contributed by atoms with Gasteiger partial charge in [0.2, 0.25) is 12.4 Å². The van der Waals surface area contributed by atoms with Crippen molar-refractivity contribution in [2.75, 3.05) is 62.3 Å². The molecule has 0 unspecified atom stereocenters. The van der Waals surface area contributed by atoms with Gasteiger partial charge in [0.25, 0.3) is 0 Å². The molecule has 124 valence electrons. The van der Waals surface area contributed by atoms with E-state index in [4.69, 9.17) is 14.7 Å². The summed E-state index contributed by atoms with van der Waals surface area (Å²) < 4.78 is 5.48. The second-order valence-electron chi connectivity index (χ2n) is 6.35. The minimum absolute atomic E-state index is 0.747. The van der Waals surface area contributed by atoms with Crippen molar-refractivity contribution in [3.8, 4) is 0 Å². The van der Waals surface area contributed by atoms with Crippen LogP contribution in [-0.2, 0) is 22.4 Å². The van der Waals surface area contributed by atoms with Crippen LogP contribution in [0.3, 0.4) is 0 Å². The van der Waals surface area contributed by atoms with Crippen LogP contribution in [0, 0.1) is 0 Å². The number of nitrogens with zero attached hydrogens (tertiary/aromatic N) is 5. The van der Waals surface area contributed by atoms with Gasteiger partial charge in [-0.25, -0.2) is 4.98 Å². The number of ether oxygens (including phenoxy) is 1. The lowest BCUT2D eigenvalue weighted by Crippen LogP contribution is -2.46. The van der Waals surface area contributed by atoms with Crippen LogP contribution in [0.15, 0.2) is 0 Å². The van der Waals surface area contributed by atoms with E-state index in [2.05, 4.69) is 9.80 Å². The summed E-state index contributed by atoms with van der Waals surface area (Å²) in [5, 5.41) is 0. The molecule has 1 aromatic heterocycles. The van der Waals surface area contributed by atoms with Crippen LogP contribution in [0.5, 0.6) is 0 Å². The molecular formula is C16H23N5O2. The highest BCUT2D eigenvalue weighted by Gasteiger charge is 2.26. The van der Waals surface area contributed by atoms with Crippen molar-refractivity contribution in [1.82, 2.24) is 14.9 Å². The molecule has 0 N–H and O–H groups in total. The maximum atomic E-state index is 10.9. The molecule has 1 amide bonds. The predicted molar refractivity (Wildman–Crippen MR) is 86.9 cm³/mol. The molecule has 0 atom stereocenters.